The normalized spacial score (nSPS) is 11.9. The molecular weight excluding hydrogens is 526 g/mol. The van der Waals surface area contributed by atoms with E-state index >= 15 is 0 Å². The van der Waals surface area contributed by atoms with Crippen LogP contribution in [0.3, 0.4) is 0 Å². The minimum atomic E-state index is -4.10. The van der Waals surface area contributed by atoms with Crippen molar-refractivity contribution in [1.82, 2.24) is 10.2 Å². The number of nitrogens with zero attached hydrogens (tertiary/aromatic N) is 2. The number of carbonyl (C=O) groups is 2. The van der Waals surface area contributed by atoms with Crippen LogP contribution in [0.15, 0.2) is 77.7 Å². The lowest BCUT2D eigenvalue weighted by atomic mass is 10.1. The van der Waals surface area contributed by atoms with E-state index in [1.54, 1.807) is 61.7 Å². The third kappa shape index (κ3) is 7.63. The number of benzene rings is 3. The van der Waals surface area contributed by atoms with Crippen LogP contribution in [0.5, 0.6) is 5.75 Å². The molecule has 2 amide bonds. The van der Waals surface area contributed by atoms with Crippen LogP contribution >= 0.6 is 0 Å². The third-order valence-corrected chi connectivity index (χ3v) is 8.41. The maximum Gasteiger partial charge on any atom is 0.264 e. The van der Waals surface area contributed by atoms with E-state index in [2.05, 4.69) is 5.32 Å². The van der Waals surface area contributed by atoms with Crippen molar-refractivity contribution in [3.8, 4) is 5.75 Å². The molecule has 0 aromatic heterocycles. The molecule has 1 atom stereocenters. The van der Waals surface area contributed by atoms with Gasteiger partial charge in [-0.1, -0.05) is 55.8 Å². The summed E-state index contributed by atoms with van der Waals surface area (Å²) in [5, 5.41) is 2.89. The van der Waals surface area contributed by atoms with E-state index in [-0.39, 0.29) is 17.3 Å². The van der Waals surface area contributed by atoms with Crippen LogP contribution in [-0.4, -0.2) is 51.4 Å². The predicted molar refractivity (Wildman–Crippen MR) is 158 cm³/mol. The van der Waals surface area contributed by atoms with Crippen molar-refractivity contribution in [2.45, 2.75) is 58.0 Å². The van der Waals surface area contributed by atoms with E-state index in [0.29, 0.717) is 24.4 Å². The molecule has 1 N–H and O–H groups in total. The van der Waals surface area contributed by atoms with Gasteiger partial charge in [-0.25, -0.2) is 8.42 Å². The number of rotatable bonds is 13. The topological polar surface area (TPSA) is 96.0 Å². The van der Waals surface area contributed by atoms with Gasteiger partial charge in [-0.2, -0.15) is 0 Å². The Kier molecular flexibility index (Phi) is 10.7. The molecule has 0 saturated heterocycles. The van der Waals surface area contributed by atoms with E-state index < -0.39 is 28.5 Å². The average Bonchev–Trinajstić information content (AvgIpc) is 2.95. The Hall–Kier alpha value is -3.85. The lowest BCUT2D eigenvalue weighted by Crippen LogP contribution is -2.52. The van der Waals surface area contributed by atoms with E-state index in [1.807, 2.05) is 45.9 Å². The highest BCUT2D eigenvalue weighted by molar-refractivity contribution is 7.92. The summed E-state index contributed by atoms with van der Waals surface area (Å²) in [5.41, 5.74) is 2.95. The first-order chi connectivity index (χ1) is 19.1. The van der Waals surface area contributed by atoms with Crippen LogP contribution in [0, 0.1) is 13.8 Å². The fraction of sp³-hybridized carbons (Fsp3) is 0.355. The number of aryl methyl sites for hydroxylation is 2. The minimum Gasteiger partial charge on any atom is -0.497 e. The highest BCUT2D eigenvalue weighted by Crippen LogP contribution is 2.26. The predicted octanol–water partition coefficient (Wildman–Crippen LogP) is 4.84. The summed E-state index contributed by atoms with van der Waals surface area (Å²) in [4.78, 5) is 28.8. The molecule has 0 heterocycles. The number of nitrogens with one attached hydrogen (secondary N) is 1. The number of ether oxygens (including phenoxy) is 1. The Labute approximate surface area is 238 Å². The molecule has 0 fully saturated rings. The van der Waals surface area contributed by atoms with Crippen LogP contribution in [0.2, 0.25) is 0 Å². The average molecular weight is 566 g/mol. The van der Waals surface area contributed by atoms with Gasteiger partial charge >= 0.3 is 0 Å². The summed E-state index contributed by atoms with van der Waals surface area (Å²) < 4.78 is 34.2. The van der Waals surface area contributed by atoms with E-state index in [1.165, 1.54) is 4.90 Å². The number of amides is 2. The summed E-state index contributed by atoms with van der Waals surface area (Å²) in [5.74, 6) is -0.0783. The van der Waals surface area contributed by atoms with Crippen LogP contribution in [-0.2, 0) is 26.2 Å². The van der Waals surface area contributed by atoms with Crippen LogP contribution < -0.4 is 14.4 Å². The van der Waals surface area contributed by atoms with Gasteiger partial charge in [0.15, 0.2) is 0 Å². The van der Waals surface area contributed by atoms with Gasteiger partial charge in [-0.15, -0.1) is 0 Å². The molecule has 3 aromatic rings. The van der Waals surface area contributed by atoms with Crippen molar-refractivity contribution < 1.29 is 22.7 Å². The van der Waals surface area contributed by atoms with Crippen LogP contribution in [0.4, 0.5) is 5.69 Å². The first kappa shape index (κ1) is 30.7. The molecule has 0 spiro atoms. The molecular formula is C31H39N3O5S. The summed E-state index contributed by atoms with van der Waals surface area (Å²) in [6.07, 6.45) is 1.12. The fourth-order valence-electron chi connectivity index (χ4n) is 4.36. The van der Waals surface area contributed by atoms with Gasteiger partial charge in [-0.3, -0.25) is 13.9 Å². The number of anilines is 1. The van der Waals surface area contributed by atoms with Gasteiger partial charge in [0.2, 0.25) is 11.8 Å². The maximum absolute atomic E-state index is 14.1. The highest BCUT2D eigenvalue weighted by atomic mass is 32.2. The number of methoxy groups -OCH3 is 1. The van der Waals surface area contributed by atoms with Crippen LogP contribution in [0.25, 0.3) is 0 Å². The zero-order valence-corrected chi connectivity index (χ0v) is 24.7. The summed E-state index contributed by atoms with van der Waals surface area (Å²) in [7, 11) is -2.52. The lowest BCUT2D eigenvalue weighted by molar-refractivity contribution is -0.140. The quantitative estimate of drug-likeness (QED) is 0.320. The lowest BCUT2D eigenvalue weighted by Gasteiger charge is -2.33. The van der Waals surface area contributed by atoms with Gasteiger partial charge in [0.1, 0.15) is 18.3 Å². The Morgan fingerprint density at radius 1 is 0.925 bits per heavy atom. The molecule has 0 bridgehead atoms. The molecule has 0 aliphatic heterocycles. The molecule has 214 valence electrons. The standard InChI is InChI=1S/C31H39N3O5S/c1-6-19-32-31(36)29(7-2)33(21-25-13-15-27(39-5)16-14-25)30(35)22-34(26-10-8-9-24(4)20-26)40(37,38)28-17-11-23(3)12-18-28/h8-18,20,29H,6-7,19,21-22H2,1-5H3,(H,32,36)/t29-/m1/s1. The second kappa shape index (κ2) is 14.0. The number of carbonyl (C=O) groups excluding carboxylic acids is 2. The zero-order chi connectivity index (χ0) is 29.3. The SMILES string of the molecule is CCCNC(=O)[C@@H](CC)N(Cc1ccc(OC)cc1)C(=O)CN(c1cccc(C)c1)S(=O)(=O)c1ccc(C)cc1. The summed E-state index contributed by atoms with van der Waals surface area (Å²) >= 11 is 0. The van der Waals surface area contributed by atoms with E-state index in [9.17, 15) is 18.0 Å². The maximum atomic E-state index is 14.1. The Morgan fingerprint density at radius 2 is 1.60 bits per heavy atom. The largest absolute Gasteiger partial charge is 0.497 e. The van der Waals surface area contributed by atoms with Gasteiger partial charge < -0.3 is 15.0 Å². The van der Waals surface area contributed by atoms with Crippen molar-refractivity contribution in [3.05, 3.63) is 89.5 Å². The molecule has 3 rings (SSSR count). The highest BCUT2D eigenvalue weighted by Gasteiger charge is 2.33. The van der Waals surface area contributed by atoms with Crippen molar-refractivity contribution in [2.24, 2.45) is 0 Å². The van der Waals surface area contributed by atoms with Gasteiger partial charge in [0.05, 0.1) is 17.7 Å². The molecule has 0 aliphatic rings. The minimum absolute atomic E-state index is 0.0850. The molecule has 3 aromatic carbocycles. The second-order valence-electron chi connectivity index (χ2n) is 9.75. The van der Waals surface area contributed by atoms with Crippen molar-refractivity contribution in [1.29, 1.82) is 0 Å². The molecule has 0 aliphatic carbocycles. The monoisotopic (exact) mass is 565 g/mol. The van der Waals surface area contributed by atoms with Crippen LogP contribution in [0.1, 0.15) is 43.4 Å². The van der Waals surface area contributed by atoms with Gasteiger partial charge in [-0.05, 0) is 74.2 Å². The Morgan fingerprint density at radius 3 is 2.17 bits per heavy atom. The van der Waals surface area contributed by atoms with Crippen molar-refractivity contribution in [3.63, 3.8) is 0 Å². The smallest absolute Gasteiger partial charge is 0.264 e. The molecule has 0 unspecified atom stereocenters. The van der Waals surface area contributed by atoms with Gasteiger partial charge in [0, 0.05) is 13.1 Å². The Bertz CT molecular complexity index is 1390. The second-order valence-corrected chi connectivity index (χ2v) is 11.6. The first-order valence-electron chi connectivity index (χ1n) is 13.5. The molecule has 9 heteroatoms. The molecule has 0 radical (unpaired) electrons. The fourth-order valence-corrected chi connectivity index (χ4v) is 5.77. The summed E-state index contributed by atoms with van der Waals surface area (Å²) in [6.45, 7) is 7.69. The first-order valence-corrected chi connectivity index (χ1v) is 14.9. The van der Waals surface area contributed by atoms with Crippen molar-refractivity contribution >= 4 is 27.5 Å². The number of sulfonamides is 1. The summed E-state index contributed by atoms with van der Waals surface area (Å²) in [6, 6.07) is 20.0. The third-order valence-electron chi connectivity index (χ3n) is 6.62. The molecule has 8 nitrogen and oxygen atoms in total. The zero-order valence-electron chi connectivity index (χ0n) is 23.9. The van der Waals surface area contributed by atoms with E-state index in [4.69, 9.17) is 4.74 Å². The van der Waals surface area contributed by atoms with Crippen molar-refractivity contribution in [2.75, 3.05) is 24.5 Å². The number of hydrogen-bond acceptors (Lipinski definition) is 5. The van der Waals surface area contributed by atoms with E-state index in [0.717, 1.165) is 27.4 Å². The molecule has 40 heavy (non-hydrogen) atoms. The number of hydrogen-bond donors (Lipinski definition) is 1. The Balaban J connectivity index is 2.04. The van der Waals surface area contributed by atoms with Gasteiger partial charge in [0.25, 0.3) is 10.0 Å². The molecule has 0 saturated carbocycles.